The molecule has 66 valence electrons. The van der Waals surface area contributed by atoms with Crippen LogP contribution in [-0.4, -0.2) is 46.6 Å². The Morgan fingerprint density at radius 1 is 0.917 bits per heavy atom. The van der Waals surface area contributed by atoms with Crippen LogP contribution >= 0.6 is 0 Å². The first kappa shape index (κ1) is 7.51. The van der Waals surface area contributed by atoms with Gasteiger partial charge in [-0.25, -0.2) is 9.59 Å². The van der Waals surface area contributed by atoms with Gasteiger partial charge < -0.3 is 19.7 Å². The van der Waals surface area contributed by atoms with Crippen LogP contribution in [0.15, 0.2) is 0 Å². The highest BCUT2D eigenvalue weighted by atomic mass is 16.7. The standard InChI is InChI=1S/C6H6O6/c7-1-3-4(12-5(1)9)2(8)6(10)11-3/h1-4,7-8H. The number of fused-ring (bicyclic) bond motifs is 1. The molecule has 0 amide bonds. The van der Waals surface area contributed by atoms with E-state index < -0.39 is 36.4 Å². The van der Waals surface area contributed by atoms with E-state index in [4.69, 9.17) is 10.2 Å². The number of aliphatic hydroxyl groups excluding tert-OH is 2. The average molecular weight is 174 g/mol. The molecule has 0 spiro atoms. The van der Waals surface area contributed by atoms with Crippen molar-refractivity contribution in [1.82, 2.24) is 0 Å². The van der Waals surface area contributed by atoms with Crippen molar-refractivity contribution >= 4 is 11.9 Å². The number of aliphatic hydroxyl groups is 2. The lowest BCUT2D eigenvalue weighted by molar-refractivity contribution is -0.159. The first-order valence-corrected chi connectivity index (χ1v) is 3.38. The van der Waals surface area contributed by atoms with Crippen LogP contribution in [0, 0.1) is 0 Å². The van der Waals surface area contributed by atoms with Crippen LogP contribution in [-0.2, 0) is 19.1 Å². The molecule has 6 nitrogen and oxygen atoms in total. The summed E-state index contributed by atoms with van der Waals surface area (Å²) in [6.45, 7) is 0. The maximum atomic E-state index is 10.7. The van der Waals surface area contributed by atoms with Crippen molar-refractivity contribution in [3.8, 4) is 0 Å². The molecule has 4 unspecified atom stereocenters. The van der Waals surface area contributed by atoms with E-state index in [-0.39, 0.29) is 0 Å². The van der Waals surface area contributed by atoms with Crippen molar-refractivity contribution in [2.75, 3.05) is 0 Å². The van der Waals surface area contributed by atoms with Gasteiger partial charge in [-0.3, -0.25) is 0 Å². The highest BCUT2D eigenvalue weighted by Crippen LogP contribution is 2.28. The lowest BCUT2D eigenvalue weighted by Gasteiger charge is -2.05. The van der Waals surface area contributed by atoms with Crippen molar-refractivity contribution < 1.29 is 29.3 Å². The van der Waals surface area contributed by atoms with E-state index in [9.17, 15) is 9.59 Å². The predicted octanol–water partition coefficient (Wildman–Crippen LogP) is -2.44. The molecule has 0 bridgehead atoms. The van der Waals surface area contributed by atoms with E-state index in [2.05, 4.69) is 9.47 Å². The molecule has 2 rings (SSSR count). The van der Waals surface area contributed by atoms with Crippen LogP contribution in [0.5, 0.6) is 0 Å². The molecule has 6 heteroatoms. The maximum absolute atomic E-state index is 10.7. The second-order valence-corrected chi connectivity index (χ2v) is 2.69. The summed E-state index contributed by atoms with van der Waals surface area (Å²) in [5, 5.41) is 18.1. The third-order valence-electron chi connectivity index (χ3n) is 1.93. The maximum Gasteiger partial charge on any atom is 0.339 e. The Labute approximate surface area is 66.7 Å². The molecular weight excluding hydrogens is 168 g/mol. The van der Waals surface area contributed by atoms with Gasteiger partial charge in [0.15, 0.2) is 24.4 Å². The van der Waals surface area contributed by atoms with Crippen molar-refractivity contribution in [2.24, 2.45) is 0 Å². The van der Waals surface area contributed by atoms with Crippen LogP contribution in [0.1, 0.15) is 0 Å². The molecule has 4 atom stereocenters. The van der Waals surface area contributed by atoms with Crippen LogP contribution in [0.25, 0.3) is 0 Å². The fourth-order valence-corrected chi connectivity index (χ4v) is 1.30. The lowest BCUT2D eigenvalue weighted by Crippen LogP contribution is -2.31. The summed E-state index contributed by atoms with van der Waals surface area (Å²) in [5.41, 5.74) is 0. The molecule has 0 aromatic rings. The molecule has 2 aliphatic rings. The van der Waals surface area contributed by atoms with E-state index in [1.54, 1.807) is 0 Å². The van der Waals surface area contributed by atoms with Gasteiger partial charge in [-0.15, -0.1) is 0 Å². The number of esters is 2. The number of ether oxygens (including phenoxy) is 2. The van der Waals surface area contributed by atoms with Crippen LogP contribution in [0.4, 0.5) is 0 Å². The number of hydrogen-bond acceptors (Lipinski definition) is 6. The minimum absolute atomic E-state index is 0.864. The molecule has 0 radical (unpaired) electrons. The molecular formula is C6H6O6. The molecule has 12 heavy (non-hydrogen) atoms. The molecule has 2 aliphatic heterocycles. The molecule has 0 aromatic heterocycles. The fraction of sp³-hybridized carbons (Fsp3) is 0.667. The summed E-state index contributed by atoms with van der Waals surface area (Å²) >= 11 is 0. The smallest absolute Gasteiger partial charge is 0.339 e. The second kappa shape index (κ2) is 2.18. The summed E-state index contributed by atoms with van der Waals surface area (Å²) < 4.78 is 8.99. The molecule has 2 heterocycles. The largest absolute Gasteiger partial charge is 0.453 e. The van der Waals surface area contributed by atoms with E-state index in [0.29, 0.717) is 0 Å². The number of rotatable bonds is 0. The van der Waals surface area contributed by atoms with Gasteiger partial charge in [-0.2, -0.15) is 0 Å². The quantitative estimate of drug-likeness (QED) is 0.396. The molecule has 2 N–H and O–H groups in total. The van der Waals surface area contributed by atoms with Crippen molar-refractivity contribution in [3.05, 3.63) is 0 Å². The van der Waals surface area contributed by atoms with Gasteiger partial charge in [0.25, 0.3) is 0 Å². The van der Waals surface area contributed by atoms with E-state index >= 15 is 0 Å². The van der Waals surface area contributed by atoms with Gasteiger partial charge in [0.1, 0.15) is 0 Å². The van der Waals surface area contributed by atoms with Crippen molar-refractivity contribution in [1.29, 1.82) is 0 Å². The van der Waals surface area contributed by atoms with Gasteiger partial charge in [0.05, 0.1) is 0 Å². The minimum atomic E-state index is -1.46. The molecule has 0 aromatic carbocycles. The van der Waals surface area contributed by atoms with Gasteiger partial charge in [0, 0.05) is 0 Å². The van der Waals surface area contributed by atoms with Crippen LogP contribution < -0.4 is 0 Å². The second-order valence-electron chi connectivity index (χ2n) is 2.69. The Balaban J connectivity index is 2.24. The number of carbonyl (C=O) groups is 2. The highest BCUT2D eigenvalue weighted by molar-refractivity contribution is 5.85. The Hall–Kier alpha value is -1.14. The summed E-state index contributed by atoms with van der Waals surface area (Å²) in [7, 11) is 0. The van der Waals surface area contributed by atoms with Gasteiger partial charge >= 0.3 is 11.9 Å². The Bertz CT molecular complexity index is 222. The number of carbonyl (C=O) groups excluding carboxylic acids is 2. The predicted molar refractivity (Wildman–Crippen MR) is 31.8 cm³/mol. The van der Waals surface area contributed by atoms with Crippen LogP contribution in [0.3, 0.4) is 0 Å². The highest BCUT2D eigenvalue weighted by Gasteiger charge is 2.57. The third kappa shape index (κ3) is 0.759. The van der Waals surface area contributed by atoms with E-state index in [1.165, 1.54) is 0 Å². The summed E-state index contributed by atoms with van der Waals surface area (Å²) in [5.74, 6) is -1.73. The van der Waals surface area contributed by atoms with E-state index in [1.807, 2.05) is 0 Å². The Morgan fingerprint density at radius 3 is 1.58 bits per heavy atom. The average Bonchev–Trinajstić information content (AvgIpc) is 2.43. The Morgan fingerprint density at radius 2 is 1.25 bits per heavy atom. The molecule has 0 saturated carbocycles. The SMILES string of the molecule is O=C1OC2C(O)C(=O)OC2C1O. The summed E-state index contributed by atoms with van der Waals surface area (Å²) in [6, 6.07) is 0. The topological polar surface area (TPSA) is 93.1 Å². The Kier molecular flexibility index (Phi) is 1.36. The van der Waals surface area contributed by atoms with E-state index in [0.717, 1.165) is 0 Å². The monoisotopic (exact) mass is 174 g/mol. The number of hydrogen-bond donors (Lipinski definition) is 2. The zero-order chi connectivity index (χ0) is 8.88. The summed E-state index contributed by atoms with van der Waals surface area (Å²) in [4.78, 5) is 21.3. The van der Waals surface area contributed by atoms with Gasteiger partial charge in [-0.05, 0) is 0 Å². The summed E-state index contributed by atoms with van der Waals surface area (Å²) in [6.07, 6.45) is -5.01. The van der Waals surface area contributed by atoms with Crippen LogP contribution in [0.2, 0.25) is 0 Å². The third-order valence-corrected chi connectivity index (χ3v) is 1.93. The molecule has 2 saturated heterocycles. The minimum Gasteiger partial charge on any atom is -0.453 e. The fourth-order valence-electron chi connectivity index (χ4n) is 1.30. The lowest BCUT2D eigenvalue weighted by atomic mass is 10.1. The van der Waals surface area contributed by atoms with Crippen molar-refractivity contribution in [3.63, 3.8) is 0 Å². The molecule has 2 fully saturated rings. The first-order valence-electron chi connectivity index (χ1n) is 3.38. The molecule has 0 aliphatic carbocycles. The first-order chi connectivity index (χ1) is 5.61. The normalized spacial score (nSPS) is 45.5. The van der Waals surface area contributed by atoms with Gasteiger partial charge in [-0.1, -0.05) is 0 Å². The van der Waals surface area contributed by atoms with Gasteiger partial charge in [0.2, 0.25) is 0 Å². The zero-order valence-corrected chi connectivity index (χ0v) is 5.84. The zero-order valence-electron chi connectivity index (χ0n) is 5.84. The van der Waals surface area contributed by atoms with Crippen molar-refractivity contribution in [2.45, 2.75) is 24.4 Å².